The summed E-state index contributed by atoms with van der Waals surface area (Å²) in [6.07, 6.45) is 0.765. The molecular weight excluding hydrogens is 340 g/mol. The molecule has 0 spiro atoms. The molecule has 0 atom stereocenters. The third-order valence-corrected chi connectivity index (χ3v) is 4.54. The number of para-hydroxylation sites is 2. The molecule has 2 nitrogen and oxygen atoms in total. The Morgan fingerprint density at radius 3 is 1.46 bits per heavy atom. The lowest BCUT2D eigenvalue weighted by atomic mass is 10.0. The van der Waals surface area contributed by atoms with Crippen molar-refractivity contribution in [3.8, 4) is 0 Å². The van der Waals surface area contributed by atoms with Crippen LogP contribution in [0.5, 0.6) is 0 Å². The molecule has 28 heavy (non-hydrogen) atoms. The molecule has 2 heteroatoms. The van der Waals surface area contributed by atoms with E-state index in [1.54, 1.807) is 0 Å². The second-order valence-corrected chi connectivity index (χ2v) is 6.56. The van der Waals surface area contributed by atoms with Crippen molar-refractivity contribution in [3.63, 3.8) is 0 Å². The van der Waals surface area contributed by atoms with E-state index in [-0.39, 0.29) is 0 Å². The molecule has 4 rings (SSSR count). The van der Waals surface area contributed by atoms with E-state index in [4.69, 9.17) is 5.10 Å². The summed E-state index contributed by atoms with van der Waals surface area (Å²) in [6, 6.07) is 41.4. The van der Waals surface area contributed by atoms with Gasteiger partial charge in [0.25, 0.3) is 0 Å². The number of anilines is 2. The minimum Gasteiger partial charge on any atom is -0.233 e. The summed E-state index contributed by atoms with van der Waals surface area (Å²) in [5, 5.41) is 7.15. The predicted molar refractivity (Wildman–Crippen MR) is 118 cm³/mol. The van der Waals surface area contributed by atoms with Crippen LogP contribution in [0, 0.1) is 0 Å². The zero-order valence-corrected chi connectivity index (χ0v) is 15.6. The van der Waals surface area contributed by atoms with Crippen molar-refractivity contribution < 1.29 is 0 Å². The largest absolute Gasteiger partial charge is 0.233 e. The molecule has 4 aromatic rings. The standard InChI is InChI=1S/C26H22N2/c1-5-13-22(14-6-1)21-26(23-15-7-2-8-16-23)27-28(24-17-9-3-10-18-24)25-19-11-4-12-20-25/h1-20H,21H2/b27-26+. The summed E-state index contributed by atoms with van der Waals surface area (Å²) in [5.41, 5.74) is 5.47. The highest BCUT2D eigenvalue weighted by Crippen LogP contribution is 2.26. The molecule has 0 amide bonds. The average Bonchev–Trinajstić information content (AvgIpc) is 2.79. The molecule has 4 aromatic carbocycles. The van der Waals surface area contributed by atoms with E-state index >= 15 is 0 Å². The molecule has 0 radical (unpaired) electrons. The topological polar surface area (TPSA) is 15.6 Å². The molecule has 0 saturated carbocycles. The Morgan fingerprint density at radius 2 is 0.964 bits per heavy atom. The molecule has 0 fully saturated rings. The highest BCUT2D eigenvalue weighted by Gasteiger charge is 2.12. The monoisotopic (exact) mass is 362 g/mol. The lowest BCUT2D eigenvalue weighted by Gasteiger charge is -2.21. The first-order valence-corrected chi connectivity index (χ1v) is 9.47. The molecule has 0 saturated heterocycles. The molecule has 0 unspecified atom stereocenters. The summed E-state index contributed by atoms with van der Waals surface area (Å²) in [5.74, 6) is 0. The van der Waals surface area contributed by atoms with Crippen LogP contribution in [0.3, 0.4) is 0 Å². The lowest BCUT2D eigenvalue weighted by Crippen LogP contribution is -2.16. The quantitative estimate of drug-likeness (QED) is 0.283. The molecule has 0 N–H and O–H groups in total. The van der Waals surface area contributed by atoms with Crippen LogP contribution in [-0.4, -0.2) is 5.71 Å². The maximum Gasteiger partial charge on any atom is 0.0729 e. The SMILES string of the molecule is c1ccc(C/C(=N\N(c2ccccc2)c2ccccc2)c2ccccc2)cc1. The molecule has 136 valence electrons. The minimum absolute atomic E-state index is 0.765. The maximum atomic E-state index is 5.13. The van der Waals surface area contributed by atoms with Gasteiger partial charge in [0.2, 0.25) is 0 Å². The van der Waals surface area contributed by atoms with Gasteiger partial charge in [-0.15, -0.1) is 0 Å². The van der Waals surface area contributed by atoms with Crippen molar-refractivity contribution in [3.05, 3.63) is 132 Å². The van der Waals surface area contributed by atoms with Gasteiger partial charge in [-0.25, -0.2) is 5.01 Å². The van der Waals surface area contributed by atoms with E-state index < -0.39 is 0 Å². The van der Waals surface area contributed by atoms with Crippen LogP contribution in [0.25, 0.3) is 0 Å². The van der Waals surface area contributed by atoms with Crippen LogP contribution >= 0.6 is 0 Å². The van der Waals surface area contributed by atoms with Crippen LogP contribution in [0.4, 0.5) is 11.4 Å². The molecule has 0 bridgehead atoms. The maximum absolute atomic E-state index is 5.13. The molecule has 0 aliphatic rings. The highest BCUT2D eigenvalue weighted by atomic mass is 15.5. The summed E-state index contributed by atoms with van der Waals surface area (Å²) < 4.78 is 0. The van der Waals surface area contributed by atoms with E-state index in [0.717, 1.165) is 29.1 Å². The van der Waals surface area contributed by atoms with Gasteiger partial charge in [-0.2, -0.15) is 5.10 Å². The van der Waals surface area contributed by atoms with Crippen LogP contribution in [0.1, 0.15) is 11.1 Å². The molecule has 0 aromatic heterocycles. The molecule has 0 heterocycles. The van der Waals surface area contributed by atoms with E-state index in [1.807, 2.05) is 53.5 Å². The Bertz CT molecular complexity index is 972. The number of nitrogens with zero attached hydrogens (tertiary/aromatic N) is 2. The molecule has 0 aliphatic carbocycles. The zero-order valence-electron chi connectivity index (χ0n) is 15.6. The lowest BCUT2D eigenvalue weighted by molar-refractivity contribution is 1.07. The predicted octanol–water partition coefficient (Wildman–Crippen LogP) is 6.47. The van der Waals surface area contributed by atoms with Gasteiger partial charge in [0.05, 0.1) is 17.1 Å². The van der Waals surface area contributed by atoms with E-state index in [9.17, 15) is 0 Å². The van der Waals surface area contributed by atoms with Gasteiger partial charge in [0, 0.05) is 6.42 Å². The van der Waals surface area contributed by atoms with Crippen molar-refractivity contribution in [2.75, 3.05) is 5.01 Å². The van der Waals surface area contributed by atoms with Gasteiger partial charge >= 0.3 is 0 Å². The summed E-state index contributed by atoms with van der Waals surface area (Å²) >= 11 is 0. The number of hydrogen-bond donors (Lipinski definition) is 0. The second-order valence-electron chi connectivity index (χ2n) is 6.56. The van der Waals surface area contributed by atoms with Gasteiger partial charge in [-0.3, -0.25) is 0 Å². The fourth-order valence-electron chi connectivity index (χ4n) is 3.14. The number of hydrazone groups is 1. The van der Waals surface area contributed by atoms with Crippen LogP contribution in [0.2, 0.25) is 0 Å². The Hall–Kier alpha value is -3.65. The third-order valence-electron chi connectivity index (χ3n) is 4.54. The van der Waals surface area contributed by atoms with Crippen molar-refractivity contribution in [1.82, 2.24) is 0 Å². The first kappa shape index (κ1) is 17.7. The van der Waals surface area contributed by atoms with Crippen LogP contribution < -0.4 is 5.01 Å². The summed E-state index contributed by atoms with van der Waals surface area (Å²) in [7, 11) is 0. The number of rotatable bonds is 6. The summed E-state index contributed by atoms with van der Waals surface area (Å²) in [6.45, 7) is 0. The first-order valence-electron chi connectivity index (χ1n) is 9.47. The van der Waals surface area contributed by atoms with E-state index in [2.05, 4.69) is 72.8 Å². The Kier molecular flexibility index (Phi) is 5.60. The fourth-order valence-corrected chi connectivity index (χ4v) is 3.14. The molecular formula is C26H22N2. The van der Waals surface area contributed by atoms with Crippen molar-refractivity contribution in [2.24, 2.45) is 5.10 Å². The van der Waals surface area contributed by atoms with E-state index in [0.29, 0.717) is 0 Å². The molecule has 0 aliphatic heterocycles. The van der Waals surface area contributed by atoms with Crippen molar-refractivity contribution in [1.29, 1.82) is 0 Å². The second kappa shape index (κ2) is 8.83. The smallest absolute Gasteiger partial charge is 0.0729 e. The minimum atomic E-state index is 0.765. The fraction of sp³-hybridized carbons (Fsp3) is 0.0385. The van der Waals surface area contributed by atoms with Gasteiger partial charge in [0.1, 0.15) is 0 Å². The number of benzene rings is 4. The van der Waals surface area contributed by atoms with Crippen LogP contribution in [-0.2, 0) is 6.42 Å². The normalized spacial score (nSPS) is 11.2. The van der Waals surface area contributed by atoms with Crippen molar-refractivity contribution in [2.45, 2.75) is 6.42 Å². The van der Waals surface area contributed by atoms with Gasteiger partial charge < -0.3 is 0 Å². The van der Waals surface area contributed by atoms with E-state index in [1.165, 1.54) is 5.56 Å². The Balaban J connectivity index is 1.81. The van der Waals surface area contributed by atoms with Gasteiger partial charge in [-0.05, 0) is 35.4 Å². The average molecular weight is 362 g/mol. The Morgan fingerprint density at radius 1 is 0.536 bits per heavy atom. The van der Waals surface area contributed by atoms with Crippen molar-refractivity contribution >= 4 is 17.1 Å². The first-order chi connectivity index (χ1) is 13.9. The highest BCUT2D eigenvalue weighted by molar-refractivity contribution is 6.02. The summed E-state index contributed by atoms with van der Waals surface area (Å²) in [4.78, 5) is 0. The van der Waals surface area contributed by atoms with Gasteiger partial charge in [0.15, 0.2) is 0 Å². The van der Waals surface area contributed by atoms with Gasteiger partial charge in [-0.1, -0.05) is 97.1 Å². The Labute approximate surface area is 166 Å². The number of hydrogen-bond acceptors (Lipinski definition) is 2. The zero-order chi connectivity index (χ0) is 19.0. The third kappa shape index (κ3) is 4.36. The van der Waals surface area contributed by atoms with Crippen LogP contribution in [0.15, 0.2) is 126 Å².